The van der Waals surface area contributed by atoms with E-state index in [0.29, 0.717) is 22.3 Å². The van der Waals surface area contributed by atoms with Gasteiger partial charge < -0.3 is 4.42 Å². The molecule has 3 nitrogen and oxygen atoms in total. The number of fused-ring (bicyclic) bond motifs is 1. The van der Waals surface area contributed by atoms with Crippen LogP contribution in [0.3, 0.4) is 0 Å². The first kappa shape index (κ1) is 13.6. The Kier molecular flexibility index (Phi) is 3.35. The van der Waals surface area contributed by atoms with Gasteiger partial charge in [0.2, 0.25) is 0 Å². The van der Waals surface area contributed by atoms with Crippen molar-refractivity contribution in [1.29, 1.82) is 0 Å². The molecule has 0 fully saturated rings. The quantitative estimate of drug-likeness (QED) is 0.527. The first-order chi connectivity index (χ1) is 10.1. The van der Waals surface area contributed by atoms with Crippen molar-refractivity contribution in [2.45, 2.75) is 6.92 Å². The zero-order valence-corrected chi connectivity index (χ0v) is 12.0. The standard InChI is InChI=1S/C17H11ClO3/c1-10-6-7-11(8-13(10)16(18)19)14-9-12-4-2-3-5-15(12)21-17(14)20/h2-9H,1H3. The minimum Gasteiger partial charge on any atom is -0.422 e. The summed E-state index contributed by atoms with van der Waals surface area (Å²) in [5.74, 6) is 0. The summed E-state index contributed by atoms with van der Waals surface area (Å²) in [6.07, 6.45) is 0. The molecule has 1 aromatic heterocycles. The second kappa shape index (κ2) is 5.19. The molecule has 0 spiro atoms. The normalized spacial score (nSPS) is 10.8. The van der Waals surface area contributed by atoms with Crippen LogP contribution in [0.2, 0.25) is 0 Å². The smallest absolute Gasteiger partial charge is 0.344 e. The molecule has 0 atom stereocenters. The van der Waals surface area contributed by atoms with Gasteiger partial charge >= 0.3 is 5.63 Å². The van der Waals surface area contributed by atoms with Crippen molar-refractivity contribution < 1.29 is 9.21 Å². The van der Waals surface area contributed by atoms with Gasteiger partial charge in [0.15, 0.2) is 0 Å². The van der Waals surface area contributed by atoms with Crippen LogP contribution < -0.4 is 5.63 Å². The number of carbonyl (C=O) groups is 1. The Balaban J connectivity index is 2.25. The fraction of sp³-hybridized carbons (Fsp3) is 0.0588. The number of carbonyl (C=O) groups excluding carboxylic acids is 1. The topological polar surface area (TPSA) is 47.3 Å². The minimum atomic E-state index is -0.542. The Morgan fingerprint density at radius 2 is 1.86 bits per heavy atom. The largest absolute Gasteiger partial charge is 0.422 e. The van der Waals surface area contributed by atoms with Crippen LogP contribution >= 0.6 is 11.6 Å². The van der Waals surface area contributed by atoms with Crippen LogP contribution in [-0.4, -0.2) is 5.24 Å². The van der Waals surface area contributed by atoms with Crippen molar-refractivity contribution in [1.82, 2.24) is 0 Å². The van der Waals surface area contributed by atoms with Crippen LogP contribution in [0.25, 0.3) is 22.1 Å². The summed E-state index contributed by atoms with van der Waals surface area (Å²) in [6.45, 7) is 1.79. The van der Waals surface area contributed by atoms with Crippen molar-refractivity contribution in [3.63, 3.8) is 0 Å². The van der Waals surface area contributed by atoms with E-state index in [9.17, 15) is 9.59 Å². The van der Waals surface area contributed by atoms with Gasteiger partial charge in [-0.3, -0.25) is 4.79 Å². The van der Waals surface area contributed by atoms with Gasteiger partial charge in [-0.15, -0.1) is 0 Å². The number of aryl methyl sites for hydroxylation is 1. The van der Waals surface area contributed by atoms with Gasteiger partial charge in [0.05, 0.1) is 5.56 Å². The Morgan fingerprint density at radius 1 is 1.10 bits per heavy atom. The molecule has 4 heteroatoms. The van der Waals surface area contributed by atoms with Gasteiger partial charge in [-0.25, -0.2) is 4.79 Å². The van der Waals surface area contributed by atoms with E-state index in [2.05, 4.69) is 0 Å². The van der Waals surface area contributed by atoms with Crippen LogP contribution in [-0.2, 0) is 0 Å². The number of hydrogen-bond acceptors (Lipinski definition) is 3. The van der Waals surface area contributed by atoms with Gasteiger partial charge in [0.1, 0.15) is 5.58 Å². The highest BCUT2D eigenvalue weighted by atomic mass is 35.5. The van der Waals surface area contributed by atoms with Crippen molar-refractivity contribution >= 4 is 27.8 Å². The highest BCUT2D eigenvalue weighted by molar-refractivity contribution is 6.68. The Labute approximate surface area is 125 Å². The molecule has 3 aromatic rings. The molecular formula is C17H11ClO3. The summed E-state index contributed by atoms with van der Waals surface area (Å²) in [5.41, 5.74) is 2.28. The third-order valence-corrected chi connectivity index (χ3v) is 3.61. The van der Waals surface area contributed by atoms with E-state index in [4.69, 9.17) is 16.0 Å². The van der Waals surface area contributed by atoms with Gasteiger partial charge in [0.25, 0.3) is 5.24 Å². The highest BCUT2D eigenvalue weighted by Crippen LogP contribution is 2.24. The predicted octanol–water partition coefficient (Wildman–Crippen LogP) is 4.15. The molecule has 0 aliphatic carbocycles. The van der Waals surface area contributed by atoms with Crippen molar-refractivity contribution in [3.05, 3.63) is 70.1 Å². The molecule has 0 amide bonds. The average Bonchev–Trinajstić information content (AvgIpc) is 2.47. The molecule has 0 radical (unpaired) electrons. The van der Waals surface area contributed by atoms with E-state index >= 15 is 0 Å². The van der Waals surface area contributed by atoms with Crippen molar-refractivity contribution in [2.24, 2.45) is 0 Å². The highest BCUT2D eigenvalue weighted by Gasteiger charge is 2.12. The second-order valence-electron chi connectivity index (χ2n) is 4.79. The van der Waals surface area contributed by atoms with Crippen LogP contribution in [0.15, 0.2) is 57.7 Å². The number of rotatable bonds is 2. The molecule has 0 bridgehead atoms. The summed E-state index contributed by atoms with van der Waals surface area (Å²) in [7, 11) is 0. The number of hydrogen-bond donors (Lipinski definition) is 0. The summed E-state index contributed by atoms with van der Waals surface area (Å²) >= 11 is 5.56. The summed E-state index contributed by atoms with van der Waals surface area (Å²) in [4.78, 5) is 23.5. The number of para-hydroxylation sites is 1. The van der Waals surface area contributed by atoms with Gasteiger partial charge in [-0.05, 0) is 47.9 Å². The van der Waals surface area contributed by atoms with Crippen LogP contribution in [0.1, 0.15) is 15.9 Å². The Morgan fingerprint density at radius 3 is 2.62 bits per heavy atom. The lowest BCUT2D eigenvalue weighted by atomic mass is 10.0. The maximum absolute atomic E-state index is 12.1. The SMILES string of the molecule is Cc1ccc(-c2cc3ccccc3oc2=O)cc1C(=O)Cl. The monoisotopic (exact) mass is 298 g/mol. The maximum atomic E-state index is 12.1. The third kappa shape index (κ3) is 2.48. The van der Waals surface area contributed by atoms with E-state index in [-0.39, 0.29) is 0 Å². The van der Waals surface area contributed by atoms with Crippen molar-refractivity contribution in [2.75, 3.05) is 0 Å². The fourth-order valence-corrected chi connectivity index (χ4v) is 2.47. The molecular weight excluding hydrogens is 288 g/mol. The van der Waals surface area contributed by atoms with Gasteiger partial charge in [-0.1, -0.05) is 30.3 Å². The second-order valence-corrected chi connectivity index (χ2v) is 5.13. The molecule has 104 valence electrons. The lowest BCUT2D eigenvalue weighted by Crippen LogP contribution is -2.04. The van der Waals surface area contributed by atoms with Crippen LogP contribution in [0, 0.1) is 6.92 Å². The molecule has 0 saturated heterocycles. The van der Waals surface area contributed by atoms with Gasteiger partial charge in [-0.2, -0.15) is 0 Å². The first-order valence-corrected chi connectivity index (χ1v) is 6.78. The number of halogens is 1. The summed E-state index contributed by atoms with van der Waals surface area (Å²) in [5, 5.41) is 0.283. The Bertz CT molecular complexity index is 909. The third-order valence-electron chi connectivity index (χ3n) is 3.40. The minimum absolute atomic E-state index is 0.390. The molecule has 0 aliphatic rings. The zero-order valence-electron chi connectivity index (χ0n) is 11.2. The molecule has 0 saturated carbocycles. The summed E-state index contributed by atoms with van der Waals surface area (Å²) in [6, 6.07) is 14.2. The Hall–Kier alpha value is -2.39. The molecule has 0 N–H and O–H groups in total. The zero-order chi connectivity index (χ0) is 15.0. The molecule has 0 unspecified atom stereocenters. The summed E-state index contributed by atoms with van der Waals surface area (Å²) < 4.78 is 5.30. The van der Waals surface area contributed by atoms with Crippen LogP contribution in [0.4, 0.5) is 0 Å². The molecule has 3 rings (SSSR count). The lowest BCUT2D eigenvalue weighted by Gasteiger charge is -2.06. The first-order valence-electron chi connectivity index (χ1n) is 6.40. The van der Waals surface area contributed by atoms with Crippen molar-refractivity contribution in [3.8, 4) is 11.1 Å². The molecule has 0 aliphatic heterocycles. The van der Waals surface area contributed by atoms with E-state index in [1.165, 1.54) is 0 Å². The number of benzene rings is 2. The molecule has 2 aromatic carbocycles. The average molecular weight is 299 g/mol. The van der Waals surface area contributed by atoms with E-state index in [0.717, 1.165) is 10.9 Å². The molecule has 21 heavy (non-hydrogen) atoms. The molecule has 1 heterocycles. The fourth-order valence-electron chi connectivity index (χ4n) is 2.26. The van der Waals surface area contributed by atoms with Crippen LogP contribution in [0.5, 0.6) is 0 Å². The van der Waals surface area contributed by atoms with E-state index in [1.54, 1.807) is 43.3 Å². The maximum Gasteiger partial charge on any atom is 0.344 e. The van der Waals surface area contributed by atoms with E-state index < -0.39 is 10.9 Å². The van der Waals surface area contributed by atoms with E-state index in [1.807, 2.05) is 12.1 Å². The van der Waals surface area contributed by atoms with Gasteiger partial charge in [0, 0.05) is 10.9 Å². The predicted molar refractivity (Wildman–Crippen MR) is 82.8 cm³/mol. The lowest BCUT2D eigenvalue weighted by molar-refractivity contribution is 0.108.